The van der Waals surface area contributed by atoms with Crippen LogP contribution < -0.4 is 4.74 Å². The molecule has 1 atom stereocenters. The standard InChI is InChI=1S/C18H19ClFN3O5S/c1-12-14(10-28-21-12)18(25)22-29(26)7-2-5-23(6-8-29)17(24)11-27-13-3-4-15(19)16(20)9-13/h3-4,9-10H,2,5-8,11H2,1H3. The number of aromatic nitrogens is 1. The Balaban J connectivity index is 1.61. The van der Waals surface area contributed by atoms with Gasteiger partial charge in [0.1, 0.15) is 23.4 Å². The summed E-state index contributed by atoms with van der Waals surface area (Å²) in [4.78, 5) is 26.2. The van der Waals surface area contributed by atoms with Gasteiger partial charge in [-0.05, 0) is 25.5 Å². The van der Waals surface area contributed by atoms with E-state index in [4.69, 9.17) is 20.9 Å². The number of amides is 2. The highest BCUT2D eigenvalue weighted by Gasteiger charge is 2.24. The van der Waals surface area contributed by atoms with Crippen molar-refractivity contribution >= 4 is 33.1 Å². The first-order chi connectivity index (χ1) is 13.8. The molecule has 0 saturated carbocycles. The number of hydrogen-bond donors (Lipinski definition) is 0. The minimum atomic E-state index is -2.81. The van der Waals surface area contributed by atoms with Gasteiger partial charge >= 0.3 is 0 Å². The van der Waals surface area contributed by atoms with Crippen LogP contribution in [-0.2, 0) is 14.5 Å². The fraction of sp³-hybridized carbons (Fsp3) is 0.389. The molecule has 2 amide bonds. The lowest BCUT2D eigenvalue weighted by Crippen LogP contribution is -2.37. The van der Waals surface area contributed by atoms with Crippen molar-refractivity contribution in [2.75, 3.05) is 31.2 Å². The van der Waals surface area contributed by atoms with E-state index < -0.39 is 21.5 Å². The number of ether oxygens (including phenoxy) is 1. The molecule has 1 fully saturated rings. The van der Waals surface area contributed by atoms with E-state index in [0.717, 1.165) is 6.07 Å². The largest absolute Gasteiger partial charge is 0.484 e. The lowest BCUT2D eigenvalue weighted by atomic mass is 10.3. The molecule has 0 bridgehead atoms. The van der Waals surface area contributed by atoms with Gasteiger partial charge in [-0.1, -0.05) is 16.8 Å². The van der Waals surface area contributed by atoms with Crippen molar-refractivity contribution in [3.63, 3.8) is 0 Å². The number of nitrogens with zero attached hydrogens (tertiary/aromatic N) is 3. The lowest BCUT2D eigenvalue weighted by Gasteiger charge is -2.20. The average Bonchev–Trinajstić information content (AvgIpc) is 3.01. The first-order valence-corrected chi connectivity index (χ1v) is 11.0. The van der Waals surface area contributed by atoms with Crippen LogP contribution in [0.15, 0.2) is 33.3 Å². The van der Waals surface area contributed by atoms with E-state index in [1.165, 1.54) is 23.3 Å². The van der Waals surface area contributed by atoms with E-state index in [2.05, 4.69) is 9.52 Å². The quantitative estimate of drug-likeness (QED) is 0.719. The third-order valence-corrected chi connectivity index (χ3v) is 6.96. The fourth-order valence-electron chi connectivity index (χ4n) is 2.79. The summed E-state index contributed by atoms with van der Waals surface area (Å²) in [5.74, 6) is -1.14. The average molecular weight is 444 g/mol. The highest BCUT2D eigenvalue weighted by atomic mass is 35.5. The van der Waals surface area contributed by atoms with Crippen LogP contribution in [0.3, 0.4) is 0 Å². The summed E-state index contributed by atoms with van der Waals surface area (Å²) in [6.45, 7) is 1.84. The Hall–Kier alpha value is -2.46. The number of carbonyl (C=O) groups excluding carboxylic acids is 2. The lowest BCUT2D eigenvalue weighted by molar-refractivity contribution is -0.133. The maximum absolute atomic E-state index is 13.4. The van der Waals surface area contributed by atoms with Gasteiger partial charge in [0.25, 0.3) is 11.8 Å². The van der Waals surface area contributed by atoms with Gasteiger partial charge in [-0.15, -0.1) is 0 Å². The zero-order valence-corrected chi connectivity index (χ0v) is 17.2. The van der Waals surface area contributed by atoms with E-state index in [0.29, 0.717) is 18.7 Å². The molecule has 1 unspecified atom stereocenters. The normalized spacial score (nSPS) is 19.5. The molecule has 3 rings (SSSR count). The van der Waals surface area contributed by atoms with E-state index in [-0.39, 0.29) is 46.9 Å². The van der Waals surface area contributed by atoms with Crippen molar-refractivity contribution in [2.45, 2.75) is 13.3 Å². The van der Waals surface area contributed by atoms with Crippen molar-refractivity contribution in [3.05, 3.63) is 46.6 Å². The molecule has 1 saturated heterocycles. The molecule has 11 heteroatoms. The van der Waals surface area contributed by atoms with Crippen LogP contribution in [0.5, 0.6) is 5.75 Å². The molecule has 0 spiro atoms. The third kappa shape index (κ3) is 5.33. The molecule has 0 aliphatic carbocycles. The molecule has 2 aromatic rings. The van der Waals surface area contributed by atoms with Crippen molar-refractivity contribution in [3.8, 4) is 5.75 Å². The minimum absolute atomic E-state index is 0.0364. The molecule has 8 nitrogen and oxygen atoms in total. The van der Waals surface area contributed by atoms with E-state index in [9.17, 15) is 18.2 Å². The van der Waals surface area contributed by atoms with Crippen LogP contribution in [0.1, 0.15) is 22.5 Å². The molecule has 1 aliphatic heterocycles. The van der Waals surface area contributed by atoms with Crippen molar-refractivity contribution < 1.29 is 27.4 Å². The van der Waals surface area contributed by atoms with E-state index >= 15 is 0 Å². The molecule has 1 aromatic carbocycles. The topological polar surface area (TPSA) is 102 Å². The van der Waals surface area contributed by atoms with Gasteiger partial charge in [-0.3, -0.25) is 9.59 Å². The summed E-state index contributed by atoms with van der Waals surface area (Å²) in [6.07, 6.45) is 1.60. The van der Waals surface area contributed by atoms with Crippen LogP contribution in [0.2, 0.25) is 5.02 Å². The Bertz CT molecular complexity index is 1050. The number of rotatable bonds is 4. The summed E-state index contributed by atoms with van der Waals surface area (Å²) in [6, 6.07) is 3.90. The number of aryl methyl sites for hydroxylation is 1. The Kier molecular flexibility index (Phi) is 6.53. The highest BCUT2D eigenvalue weighted by molar-refractivity contribution is 7.93. The summed E-state index contributed by atoms with van der Waals surface area (Å²) in [7, 11) is -2.81. The minimum Gasteiger partial charge on any atom is -0.484 e. The molecule has 2 heterocycles. The smallest absolute Gasteiger partial charge is 0.290 e. The second kappa shape index (κ2) is 8.91. The van der Waals surface area contributed by atoms with Crippen LogP contribution in [0.4, 0.5) is 4.39 Å². The molecule has 29 heavy (non-hydrogen) atoms. The third-order valence-electron chi connectivity index (χ3n) is 4.41. The summed E-state index contributed by atoms with van der Waals surface area (Å²) < 4.78 is 40.4. The second-order valence-corrected chi connectivity index (χ2v) is 9.44. The maximum Gasteiger partial charge on any atom is 0.290 e. The Morgan fingerprint density at radius 1 is 1.38 bits per heavy atom. The zero-order valence-electron chi connectivity index (χ0n) is 15.6. The van der Waals surface area contributed by atoms with Crippen LogP contribution >= 0.6 is 11.6 Å². The van der Waals surface area contributed by atoms with Gasteiger partial charge < -0.3 is 14.2 Å². The SMILES string of the molecule is Cc1nocc1C(=O)N=S1(=O)CCCN(C(=O)COc2ccc(Cl)c(F)c2)CC1. The van der Waals surface area contributed by atoms with Gasteiger partial charge in [0.2, 0.25) is 0 Å². The van der Waals surface area contributed by atoms with Crippen LogP contribution in [0.25, 0.3) is 0 Å². The second-order valence-electron chi connectivity index (χ2n) is 6.49. The van der Waals surface area contributed by atoms with Crippen molar-refractivity contribution in [1.82, 2.24) is 10.1 Å². The highest BCUT2D eigenvalue weighted by Crippen LogP contribution is 2.20. The number of hydrogen-bond acceptors (Lipinski definition) is 6. The summed E-state index contributed by atoms with van der Waals surface area (Å²) in [5, 5.41) is 3.58. The Labute approximate surface area is 172 Å². The predicted octanol–water partition coefficient (Wildman–Crippen LogP) is 2.70. The summed E-state index contributed by atoms with van der Waals surface area (Å²) in [5.41, 5.74) is 0.552. The van der Waals surface area contributed by atoms with Crippen LogP contribution in [0, 0.1) is 12.7 Å². The van der Waals surface area contributed by atoms with Gasteiger partial charge in [-0.25, -0.2) is 8.60 Å². The zero-order chi connectivity index (χ0) is 21.0. The molecule has 0 radical (unpaired) electrons. The molecular formula is C18H19ClFN3O5S. The number of carbonyl (C=O) groups is 2. The first kappa shape index (κ1) is 21.3. The number of benzene rings is 1. The van der Waals surface area contributed by atoms with Crippen molar-refractivity contribution in [2.24, 2.45) is 4.36 Å². The molecule has 1 aliphatic rings. The Morgan fingerprint density at radius 2 is 2.17 bits per heavy atom. The summed E-state index contributed by atoms with van der Waals surface area (Å²) >= 11 is 5.61. The predicted molar refractivity (Wildman–Crippen MR) is 104 cm³/mol. The van der Waals surface area contributed by atoms with Crippen LogP contribution in [-0.4, -0.2) is 57.3 Å². The van der Waals surface area contributed by atoms with Gasteiger partial charge in [0, 0.05) is 30.7 Å². The Morgan fingerprint density at radius 3 is 2.86 bits per heavy atom. The van der Waals surface area contributed by atoms with Gasteiger partial charge in [0.05, 0.1) is 20.4 Å². The van der Waals surface area contributed by atoms with Gasteiger partial charge in [-0.2, -0.15) is 4.36 Å². The van der Waals surface area contributed by atoms with Crippen molar-refractivity contribution in [1.29, 1.82) is 0 Å². The first-order valence-electron chi connectivity index (χ1n) is 8.81. The molecule has 0 N–H and O–H groups in total. The number of halogens is 2. The fourth-order valence-corrected chi connectivity index (χ4v) is 4.78. The van der Waals surface area contributed by atoms with E-state index in [1.54, 1.807) is 6.92 Å². The monoisotopic (exact) mass is 443 g/mol. The maximum atomic E-state index is 13.4. The van der Waals surface area contributed by atoms with E-state index in [1.807, 2.05) is 0 Å². The molecular weight excluding hydrogens is 425 g/mol. The molecule has 156 valence electrons. The molecule has 1 aromatic heterocycles. The van der Waals surface area contributed by atoms with Gasteiger partial charge in [0.15, 0.2) is 6.61 Å².